The Bertz CT molecular complexity index is 410. The molecule has 0 atom stereocenters. The van der Waals surface area contributed by atoms with Crippen LogP contribution in [0.2, 0.25) is 0 Å². The van der Waals surface area contributed by atoms with Crippen molar-refractivity contribution < 1.29 is 9.18 Å². The number of amides is 1. The summed E-state index contributed by atoms with van der Waals surface area (Å²) in [6.45, 7) is 0.454. The summed E-state index contributed by atoms with van der Waals surface area (Å²) in [4.78, 5) is 11.8. The van der Waals surface area contributed by atoms with Crippen LogP contribution in [0.15, 0.2) is 24.3 Å². The molecule has 1 fully saturated rings. The lowest BCUT2D eigenvalue weighted by Gasteiger charge is -2.41. The van der Waals surface area contributed by atoms with E-state index in [1.807, 2.05) is 0 Å². The van der Waals surface area contributed by atoms with E-state index in [9.17, 15) is 9.18 Å². The Hall–Kier alpha value is -1.42. The van der Waals surface area contributed by atoms with E-state index >= 15 is 0 Å². The van der Waals surface area contributed by atoms with E-state index in [-0.39, 0.29) is 23.7 Å². The van der Waals surface area contributed by atoms with Crippen molar-refractivity contribution in [2.75, 3.05) is 6.54 Å². The number of nitrogens with two attached hydrogens (primary N) is 1. The van der Waals surface area contributed by atoms with Gasteiger partial charge in [0.25, 0.3) is 0 Å². The lowest BCUT2D eigenvalue weighted by atomic mass is 9.76. The summed E-state index contributed by atoms with van der Waals surface area (Å²) < 4.78 is 13.4. The molecule has 4 heteroatoms. The number of hydrogen-bond donors (Lipinski definition) is 2. The van der Waals surface area contributed by atoms with Gasteiger partial charge in [-0.2, -0.15) is 0 Å². The molecular weight excluding hydrogens is 219 g/mol. The van der Waals surface area contributed by atoms with Crippen LogP contribution in [-0.2, 0) is 11.2 Å². The van der Waals surface area contributed by atoms with Crippen molar-refractivity contribution in [3.8, 4) is 0 Å². The summed E-state index contributed by atoms with van der Waals surface area (Å²) >= 11 is 0. The summed E-state index contributed by atoms with van der Waals surface area (Å²) in [6.07, 6.45) is 3.02. The van der Waals surface area contributed by atoms with Gasteiger partial charge in [-0.25, -0.2) is 4.39 Å². The normalized spacial score (nSPS) is 17.3. The average molecular weight is 236 g/mol. The number of nitrogens with one attached hydrogen (secondary N) is 1. The topological polar surface area (TPSA) is 55.1 Å². The van der Waals surface area contributed by atoms with Gasteiger partial charge in [0.2, 0.25) is 5.91 Å². The molecule has 1 aromatic carbocycles. The zero-order valence-electron chi connectivity index (χ0n) is 9.71. The third kappa shape index (κ3) is 2.64. The zero-order chi connectivity index (χ0) is 12.3. The number of hydrogen-bond acceptors (Lipinski definition) is 2. The van der Waals surface area contributed by atoms with Crippen LogP contribution in [0.5, 0.6) is 0 Å². The fraction of sp³-hybridized carbons (Fsp3) is 0.462. The van der Waals surface area contributed by atoms with E-state index in [4.69, 9.17) is 5.73 Å². The minimum absolute atomic E-state index is 0.0778. The molecule has 0 aliphatic heterocycles. The van der Waals surface area contributed by atoms with Crippen LogP contribution in [0.4, 0.5) is 4.39 Å². The van der Waals surface area contributed by atoms with Crippen LogP contribution in [0.25, 0.3) is 0 Å². The minimum Gasteiger partial charge on any atom is -0.349 e. The standard InChI is InChI=1S/C13H17FN2O/c14-11-5-2-1-4-10(11)8-12(17)16-13(9-15)6-3-7-13/h1-2,4-5H,3,6-9,15H2,(H,16,17). The number of carbonyl (C=O) groups is 1. The molecule has 0 bridgehead atoms. The van der Waals surface area contributed by atoms with Crippen LogP contribution < -0.4 is 11.1 Å². The molecule has 0 heterocycles. The maximum Gasteiger partial charge on any atom is 0.225 e. The van der Waals surface area contributed by atoms with Crippen molar-refractivity contribution in [3.63, 3.8) is 0 Å². The van der Waals surface area contributed by atoms with E-state index in [0.29, 0.717) is 12.1 Å². The Labute approximate surface area is 100 Å². The third-order valence-electron chi connectivity index (χ3n) is 3.41. The molecule has 3 nitrogen and oxygen atoms in total. The number of carbonyl (C=O) groups excluding carboxylic acids is 1. The molecule has 0 radical (unpaired) electrons. The van der Waals surface area contributed by atoms with Gasteiger partial charge < -0.3 is 11.1 Å². The molecule has 1 aromatic rings. The van der Waals surface area contributed by atoms with E-state index in [0.717, 1.165) is 19.3 Å². The van der Waals surface area contributed by atoms with E-state index < -0.39 is 0 Å². The van der Waals surface area contributed by atoms with Gasteiger partial charge in [-0.3, -0.25) is 4.79 Å². The van der Waals surface area contributed by atoms with Crippen LogP contribution >= 0.6 is 0 Å². The lowest BCUT2D eigenvalue weighted by Crippen LogP contribution is -2.58. The molecule has 1 aliphatic carbocycles. The highest BCUT2D eigenvalue weighted by atomic mass is 19.1. The number of halogens is 1. The van der Waals surface area contributed by atoms with Crippen LogP contribution in [0.1, 0.15) is 24.8 Å². The van der Waals surface area contributed by atoms with Gasteiger partial charge in [0, 0.05) is 6.54 Å². The highest BCUT2D eigenvalue weighted by Gasteiger charge is 2.36. The average Bonchev–Trinajstić information content (AvgIpc) is 2.27. The van der Waals surface area contributed by atoms with Crippen molar-refractivity contribution in [1.29, 1.82) is 0 Å². The minimum atomic E-state index is -0.335. The van der Waals surface area contributed by atoms with Crippen molar-refractivity contribution in [1.82, 2.24) is 5.32 Å². The molecule has 1 saturated carbocycles. The van der Waals surface area contributed by atoms with Gasteiger partial charge in [-0.1, -0.05) is 18.2 Å². The zero-order valence-corrected chi connectivity index (χ0v) is 9.71. The van der Waals surface area contributed by atoms with Crippen molar-refractivity contribution in [2.45, 2.75) is 31.2 Å². The molecule has 0 aromatic heterocycles. The summed E-state index contributed by atoms with van der Waals surface area (Å²) in [7, 11) is 0. The Morgan fingerprint density at radius 2 is 2.12 bits per heavy atom. The van der Waals surface area contributed by atoms with Gasteiger partial charge in [0.15, 0.2) is 0 Å². The predicted molar refractivity (Wildman–Crippen MR) is 63.9 cm³/mol. The van der Waals surface area contributed by atoms with Gasteiger partial charge in [0.05, 0.1) is 12.0 Å². The smallest absolute Gasteiger partial charge is 0.225 e. The molecule has 1 aliphatic rings. The Balaban J connectivity index is 1.96. The summed E-state index contributed by atoms with van der Waals surface area (Å²) in [5.41, 5.74) is 5.85. The van der Waals surface area contributed by atoms with Crippen LogP contribution in [0, 0.1) is 5.82 Å². The fourth-order valence-corrected chi connectivity index (χ4v) is 2.14. The first-order valence-electron chi connectivity index (χ1n) is 5.90. The third-order valence-corrected chi connectivity index (χ3v) is 3.41. The Morgan fingerprint density at radius 3 is 2.65 bits per heavy atom. The van der Waals surface area contributed by atoms with E-state index in [1.54, 1.807) is 18.2 Å². The first-order valence-corrected chi connectivity index (χ1v) is 5.90. The molecular formula is C13H17FN2O. The van der Waals surface area contributed by atoms with Crippen molar-refractivity contribution in [2.24, 2.45) is 5.73 Å². The van der Waals surface area contributed by atoms with Crippen LogP contribution in [0.3, 0.4) is 0 Å². The Kier molecular flexibility index (Phi) is 3.43. The molecule has 0 unspecified atom stereocenters. The van der Waals surface area contributed by atoms with Gasteiger partial charge in [-0.05, 0) is 30.9 Å². The van der Waals surface area contributed by atoms with Gasteiger partial charge in [0.1, 0.15) is 5.82 Å². The van der Waals surface area contributed by atoms with Gasteiger partial charge in [-0.15, -0.1) is 0 Å². The monoisotopic (exact) mass is 236 g/mol. The second kappa shape index (κ2) is 4.84. The summed E-state index contributed by atoms with van der Waals surface area (Å²) in [5, 5.41) is 2.92. The predicted octanol–water partition coefficient (Wildman–Crippen LogP) is 1.37. The van der Waals surface area contributed by atoms with E-state index in [1.165, 1.54) is 6.07 Å². The first kappa shape index (κ1) is 12.0. The largest absolute Gasteiger partial charge is 0.349 e. The number of rotatable bonds is 4. The first-order chi connectivity index (χ1) is 8.15. The molecule has 0 spiro atoms. The highest BCUT2D eigenvalue weighted by molar-refractivity contribution is 5.79. The molecule has 17 heavy (non-hydrogen) atoms. The van der Waals surface area contributed by atoms with Gasteiger partial charge >= 0.3 is 0 Å². The second-order valence-corrected chi connectivity index (χ2v) is 4.65. The summed E-state index contributed by atoms with van der Waals surface area (Å²) in [5.74, 6) is -0.488. The quantitative estimate of drug-likeness (QED) is 0.829. The Morgan fingerprint density at radius 1 is 1.41 bits per heavy atom. The molecule has 92 valence electrons. The number of benzene rings is 1. The SMILES string of the molecule is NCC1(NC(=O)Cc2ccccc2F)CCC1. The highest BCUT2D eigenvalue weighted by Crippen LogP contribution is 2.30. The molecule has 1 amide bonds. The van der Waals surface area contributed by atoms with E-state index in [2.05, 4.69) is 5.32 Å². The molecule has 2 rings (SSSR count). The fourth-order valence-electron chi connectivity index (χ4n) is 2.14. The molecule has 3 N–H and O–H groups in total. The summed E-state index contributed by atoms with van der Waals surface area (Å²) in [6, 6.07) is 6.34. The van der Waals surface area contributed by atoms with Crippen molar-refractivity contribution in [3.05, 3.63) is 35.6 Å². The second-order valence-electron chi connectivity index (χ2n) is 4.65. The van der Waals surface area contributed by atoms with Crippen LogP contribution in [-0.4, -0.2) is 18.0 Å². The maximum atomic E-state index is 13.4. The molecule has 0 saturated heterocycles. The lowest BCUT2D eigenvalue weighted by molar-refractivity contribution is -0.123. The maximum absolute atomic E-state index is 13.4. The van der Waals surface area contributed by atoms with Crippen molar-refractivity contribution >= 4 is 5.91 Å².